The lowest BCUT2D eigenvalue weighted by atomic mass is 10.2. The minimum absolute atomic E-state index is 0.0304. The summed E-state index contributed by atoms with van der Waals surface area (Å²) in [5.41, 5.74) is -0.540. The van der Waals surface area contributed by atoms with Gasteiger partial charge >= 0.3 is 0 Å². The van der Waals surface area contributed by atoms with E-state index in [1.165, 1.54) is 19.2 Å². The average Bonchev–Trinajstić information content (AvgIpc) is 3.38. The van der Waals surface area contributed by atoms with Crippen molar-refractivity contribution in [3.05, 3.63) is 44.8 Å². The van der Waals surface area contributed by atoms with Crippen molar-refractivity contribution in [3.63, 3.8) is 0 Å². The predicted octanol–water partition coefficient (Wildman–Crippen LogP) is 5.69. The summed E-state index contributed by atoms with van der Waals surface area (Å²) in [6.45, 7) is 1.87. The van der Waals surface area contributed by atoms with Crippen molar-refractivity contribution in [1.29, 1.82) is 0 Å². The summed E-state index contributed by atoms with van der Waals surface area (Å²) >= 11 is 20.1. The van der Waals surface area contributed by atoms with Crippen LogP contribution >= 0.6 is 51.8 Å². The number of ether oxygens (including phenoxy) is 2. The Morgan fingerprint density at radius 1 is 1.21 bits per heavy atom. The third kappa shape index (κ3) is 4.57. The van der Waals surface area contributed by atoms with Gasteiger partial charge in [-0.2, -0.15) is 12.6 Å². The topological polar surface area (TPSA) is 64.6 Å². The van der Waals surface area contributed by atoms with Crippen LogP contribution in [-0.2, 0) is 10.0 Å². The van der Waals surface area contributed by atoms with E-state index in [4.69, 9.17) is 32.7 Å². The Morgan fingerprint density at radius 2 is 1.82 bits per heavy atom. The summed E-state index contributed by atoms with van der Waals surface area (Å²) in [6.07, 6.45) is 1.47. The Morgan fingerprint density at radius 3 is 2.32 bits per heavy atom. The molecule has 1 fully saturated rings. The van der Waals surface area contributed by atoms with Crippen LogP contribution in [0.4, 0.5) is 0 Å². The number of rotatable bonds is 7. The van der Waals surface area contributed by atoms with Gasteiger partial charge in [-0.05, 0) is 37.1 Å². The number of methoxy groups -OCH3 is 1. The van der Waals surface area contributed by atoms with Gasteiger partial charge in [0.05, 0.1) is 17.2 Å². The summed E-state index contributed by atoms with van der Waals surface area (Å²) in [5, 5.41) is 0.463. The molecule has 1 aliphatic carbocycles. The first-order valence-corrected chi connectivity index (χ1v) is 11.9. The second kappa shape index (κ2) is 8.24. The molecule has 0 saturated heterocycles. The van der Waals surface area contributed by atoms with E-state index < -0.39 is 15.6 Å². The SMILES string of the molecule is COc1ccc(Oc2c(Cl)cc(Br)cc2Cl)cc1S(=O)(=O)NC1(C(C)S)CC1. The van der Waals surface area contributed by atoms with Crippen molar-refractivity contribution in [2.24, 2.45) is 0 Å². The maximum Gasteiger partial charge on any atom is 0.244 e. The average molecular weight is 527 g/mol. The van der Waals surface area contributed by atoms with Crippen molar-refractivity contribution in [2.45, 2.75) is 35.4 Å². The summed E-state index contributed by atoms with van der Waals surface area (Å²) in [7, 11) is -2.45. The highest BCUT2D eigenvalue weighted by Gasteiger charge is 2.49. The Balaban J connectivity index is 1.97. The molecule has 28 heavy (non-hydrogen) atoms. The zero-order chi connectivity index (χ0) is 20.7. The molecule has 0 heterocycles. The fourth-order valence-electron chi connectivity index (χ4n) is 2.74. The van der Waals surface area contributed by atoms with Crippen molar-refractivity contribution >= 4 is 61.8 Å². The van der Waals surface area contributed by atoms with Crippen LogP contribution in [0.25, 0.3) is 0 Å². The molecule has 1 N–H and O–H groups in total. The van der Waals surface area contributed by atoms with Crippen LogP contribution < -0.4 is 14.2 Å². The summed E-state index contributed by atoms with van der Waals surface area (Å²) in [6, 6.07) is 7.76. The second-order valence-electron chi connectivity index (χ2n) is 6.55. The van der Waals surface area contributed by atoms with E-state index in [0.717, 1.165) is 12.8 Å². The zero-order valence-corrected chi connectivity index (χ0v) is 19.8. The standard InChI is InChI=1S/C18H18BrCl2NO4S2/c1-10(27)18(5-6-18)22-28(23,24)16-9-12(3-4-15(16)25-2)26-17-13(20)7-11(19)8-14(17)21/h3-4,7-10,22,27H,5-6H2,1-2H3. The maximum atomic E-state index is 13.0. The molecule has 0 aliphatic heterocycles. The van der Waals surface area contributed by atoms with Crippen LogP contribution in [0.15, 0.2) is 39.7 Å². The Labute approximate surface area is 188 Å². The first-order chi connectivity index (χ1) is 13.1. The van der Waals surface area contributed by atoms with Gasteiger partial charge in [0.2, 0.25) is 10.0 Å². The number of hydrogen-bond acceptors (Lipinski definition) is 5. The monoisotopic (exact) mass is 525 g/mol. The fourth-order valence-corrected chi connectivity index (χ4v) is 6.15. The van der Waals surface area contributed by atoms with Crippen molar-refractivity contribution < 1.29 is 17.9 Å². The van der Waals surface area contributed by atoms with Gasteiger partial charge in [-0.25, -0.2) is 13.1 Å². The molecule has 1 atom stereocenters. The first kappa shape index (κ1) is 22.1. The number of benzene rings is 2. The summed E-state index contributed by atoms with van der Waals surface area (Å²) < 4.78 is 40.5. The minimum atomic E-state index is -3.86. The molecular formula is C18H18BrCl2NO4S2. The van der Waals surface area contributed by atoms with E-state index in [-0.39, 0.29) is 27.4 Å². The molecule has 1 aliphatic rings. The van der Waals surface area contributed by atoms with Crippen LogP contribution in [0.2, 0.25) is 10.0 Å². The van der Waals surface area contributed by atoms with Gasteiger partial charge in [0, 0.05) is 21.3 Å². The molecule has 0 amide bonds. The summed E-state index contributed by atoms with van der Waals surface area (Å²) in [4.78, 5) is -0.0304. The quantitative estimate of drug-likeness (QED) is 0.455. The molecule has 3 rings (SSSR count). The van der Waals surface area contributed by atoms with E-state index >= 15 is 0 Å². The highest BCUT2D eigenvalue weighted by Crippen LogP contribution is 2.44. The predicted molar refractivity (Wildman–Crippen MR) is 118 cm³/mol. The molecular weight excluding hydrogens is 509 g/mol. The van der Waals surface area contributed by atoms with E-state index in [1.807, 2.05) is 6.92 Å². The van der Waals surface area contributed by atoms with E-state index in [2.05, 4.69) is 33.3 Å². The van der Waals surface area contributed by atoms with E-state index in [9.17, 15) is 8.42 Å². The number of hydrogen-bond donors (Lipinski definition) is 2. The molecule has 0 aromatic heterocycles. The molecule has 0 spiro atoms. The minimum Gasteiger partial charge on any atom is -0.495 e. The highest BCUT2D eigenvalue weighted by molar-refractivity contribution is 9.10. The lowest BCUT2D eigenvalue weighted by Gasteiger charge is -2.21. The number of thiol groups is 1. The van der Waals surface area contributed by atoms with Gasteiger partial charge in [-0.15, -0.1) is 0 Å². The van der Waals surface area contributed by atoms with Crippen molar-refractivity contribution in [1.82, 2.24) is 4.72 Å². The zero-order valence-electron chi connectivity index (χ0n) is 15.0. The van der Waals surface area contributed by atoms with Gasteiger partial charge in [0.1, 0.15) is 16.4 Å². The van der Waals surface area contributed by atoms with E-state index in [0.29, 0.717) is 14.5 Å². The smallest absolute Gasteiger partial charge is 0.244 e. The molecule has 1 saturated carbocycles. The van der Waals surface area contributed by atoms with Crippen LogP contribution in [0, 0.1) is 0 Å². The Bertz CT molecular complexity index is 988. The number of sulfonamides is 1. The molecule has 1 unspecified atom stereocenters. The van der Waals surface area contributed by atoms with E-state index in [1.54, 1.807) is 18.2 Å². The van der Waals surface area contributed by atoms with Gasteiger partial charge < -0.3 is 9.47 Å². The third-order valence-corrected chi connectivity index (χ3v) is 7.62. The molecule has 2 aromatic carbocycles. The lowest BCUT2D eigenvalue weighted by Crippen LogP contribution is -2.42. The first-order valence-electron chi connectivity index (χ1n) is 8.30. The molecule has 0 bridgehead atoms. The Kier molecular flexibility index (Phi) is 6.49. The summed E-state index contributed by atoms with van der Waals surface area (Å²) in [5.74, 6) is 0.696. The molecule has 2 aromatic rings. The van der Waals surface area contributed by atoms with Gasteiger partial charge in [0.15, 0.2) is 5.75 Å². The maximum absolute atomic E-state index is 13.0. The lowest BCUT2D eigenvalue weighted by molar-refractivity contribution is 0.399. The highest BCUT2D eigenvalue weighted by atomic mass is 79.9. The number of nitrogens with one attached hydrogen (secondary N) is 1. The van der Waals surface area contributed by atoms with Gasteiger partial charge in [-0.3, -0.25) is 0 Å². The van der Waals surface area contributed by atoms with Gasteiger partial charge in [-0.1, -0.05) is 46.1 Å². The van der Waals surface area contributed by atoms with Gasteiger partial charge in [0.25, 0.3) is 0 Å². The largest absolute Gasteiger partial charge is 0.495 e. The van der Waals surface area contributed by atoms with Crippen LogP contribution in [0.5, 0.6) is 17.2 Å². The molecule has 152 valence electrons. The van der Waals surface area contributed by atoms with Crippen LogP contribution in [0.3, 0.4) is 0 Å². The fraction of sp³-hybridized carbons (Fsp3) is 0.333. The van der Waals surface area contributed by atoms with Crippen molar-refractivity contribution in [3.8, 4) is 17.2 Å². The Hall–Kier alpha value is -0.640. The second-order valence-corrected chi connectivity index (χ2v) is 10.7. The number of halogens is 3. The molecule has 10 heteroatoms. The third-order valence-electron chi connectivity index (χ3n) is 4.53. The molecule has 0 radical (unpaired) electrons. The van der Waals surface area contributed by atoms with Crippen LogP contribution in [0.1, 0.15) is 19.8 Å². The normalized spacial score (nSPS) is 16.5. The van der Waals surface area contributed by atoms with Crippen molar-refractivity contribution in [2.75, 3.05) is 7.11 Å². The molecule has 5 nitrogen and oxygen atoms in total. The van der Waals surface area contributed by atoms with Crippen LogP contribution in [-0.4, -0.2) is 26.3 Å².